The molecule has 138 valence electrons. The standard InChI is InChI=1S/C20H30N2O3/c1-14(2)18(23)21-13-17(16-10-8-7-9-11-16)22(12-15(21)3)19(24)25-20(4,5)6/h7-11,14-15,17H,12-13H2,1-6H3/t15-,17+/m1/s1. The third-order valence-electron chi connectivity index (χ3n) is 4.33. The Bertz CT molecular complexity index is 607. The second kappa shape index (κ2) is 7.46. The summed E-state index contributed by atoms with van der Waals surface area (Å²) in [4.78, 5) is 29.0. The van der Waals surface area contributed by atoms with E-state index in [4.69, 9.17) is 4.74 Å². The topological polar surface area (TPSA) is 49.9 Å². The molecule has 1 aromatic carbocycles. The molecule has 0 radical (unpaired) electrons. The van der Waals surface area contributed by atoms with Gasteiger partial charge in [-0.15, -0.1) is 0 Å². The largest absolute Gasteiger partial charge is 0.444 e. The number of carbonyl (C=O) groups excluding carboxylic acids is 2. The van der Waals surface area contributed by atoms with Gasteiger partial charge in [-0.3, -0.25) is 9.69 Å². The van der Waals surface area contributed by atoms with Crippen LogP contribution in [0.1, 0.15) is 53.1 Å². The molecule has 1 aliphatic heterocycles. The number of hydrogen-bond donors (Lipinski definition) is 0. The van der Waals surface area contributed by atoms with Crippen molar-refractivity contribution >= 4 is 12.0 Å². The monoisotopic (exact) mass is 346 g/mol. The summed E-state index contributed by atoms with van der Waals surface area (Å²) in [6.45, 7) is 12.4. The highest BCUT2D eigenvalue weighted by Crippen LogP contribution is 2.30. The molecule has 1 heterocycles. The number of nitrogens with zero attached hydrogens (tertiary/aromatic N) is 2. The Morgan fingerprint density at radius 2 is 1.68 bits per heavy atom. The van der Waals surface area contributed by atoms with E-state index in [0.29, 0.717) is 13.1 Å². The lowest BCUT2D eigenvalue weighted by molar-refractivity contribution is -0.140. The number of amides is 2. The maximum absolute atomic E-state index is 12.8. The Hall–Kier alpha value is -2.04. The van der Waals surface area contributed by atoms with Crippen molar-refractivity contribution in [1.29, 1.82) is 0 Å². The number of rotatable bonds is 2. The van der Waals surface area contributed by atoms with E-state index in [-0.39, 0.29) is 30.0 Å². The smallest absolute Gasteiger partial charge is 0.410 e. The van der Waals surface area contributed by atoms with Crippen LogP contribution in [-0.4, -0.2) is 46.5 Å². The van der Waals surface area contributed by atoms with E-state index < -0.39 is 5.60 Å². The molecule has 0 unspecified atom stereocenters. The molecule has 0 saturated carbocycles. The first kappa shape index (κ1) is 19.3. The molecule has 0 aromatic heterocycles. The first-order chi connectivity index (χ1) is 11.6. The van der Waals surface area contributed by atoms with Gasteiger partial charge in [0.15, 0.2) is 0 Å². The zero-order chi connectivity index (χ0) is 18.8. The molecule has 0 aliphatic carbocycles. The minimum absolute atomic E-state index is 0.0395. The molecular formula is C20H30N2O3. The van der Waals surface area contributed by atoms with Crippen LogP contribution in [0.15, 0.2) is 30.3 Å². The molecule has 25 heavy (non-hydrogen) atoms. The molecular weight excluding hydrogens is 316 g/mol. The maximum atomic E-state index is 12.8. The summed E-state index contributed by atoms with van der Waals surface area (Å²) in [6, 6.07) is 9.61. The first-order valence-corrected chi connectivity index (χ1v) is 8.95. The highest BCUT2D eigenvalue weighted by molar-refractivity contribution is 5.79. The third-order valence-corrected chi connectivity index (χ3v) is 4.33. The summed E-state index contributed by atoms with van der Waals surface area (Å²) in [7, 11) is 0. The molecule has 1 saturated heterocycles. The predicted molar refractivity (Wildman–Crippen MR) is 98.1 cm³/mol. The van der Waals surface area contributed by atoms with Gasteiger partial charge in [0.1, 0.15) is 5.60 Å². The Labute approximate surface area is 150 Å². The van der Waals surface area contributed by atoms with Crippen LogP contribution in [0.3, 0.4) is 0 Å². The molecule has 1 aromatic rings. The van der Waals surface area contributed by atoms with Crippen LogP contribution in [0.5, 0.6) is 0 Å². The van der Waals surface area contributed by atoms with Crippen molar-refractivity contribution in [2.45, 2.75) is 59.2 Å². The number of ether oxygens (including phenoxy) is 1. The number of piperazine rings is 1. The Kier molecular flexibility index (Phi) is 5.76. The summed E-state index contributed by atoms with van der Waals surface area (Å²) in [6.07, 6.45) is -0.329. The average Bonchev–Trinajstić information content (AvgIpc) is 2.53. The molecule has 0 N–H and O–H groups in total. The first-order valence-electron chi connectivity index (χ1n) is 8.95. The molecule has 2 atom stereocenters. The number of benzene rings is 1. The second-order valence-corrected chi connectivity index (χ2v) is 8.05. The number of hydrogen-bond acceptors (Lipinski definition) is 3. The lowest BCUT2D eigenvalue weighted by Gasteiger charge is -2.46. The highest BCUT2D eigenvalue weighted by Gasteiger charge is 2.39. The van der Waals surface area contributed by atoms with Gasteiger partial charge in [-0.1, -0.05) is 44.2 Å². The summed E-state index contributed by atoms with van der Waals surface area (Å²) in [5.41, 5.74) is 0.466. The minimum atomic E-state index is -0.549. The van der Waals surface area contributed by atoms with E-state index in [0.717, 1.165) is 5.56 Å². The van der Waals surface area contributed by atoms with E-state index in [1.54, 1.807) is 4.90 Å². The van der Waals surface area contributed by atoms with Gasteiger partial charge in [0.05, 0.1) is 6.04 Å². The summed E-state index contributed by atoms with van der Waals surface area (Å²) < 4.78 is 5.60. The number of carbonyl (C=O) groups is 2. The van der Waals surface area contributed by atoms with Crippen LogP contribution in [0.25, 0.3) is 0 Å². The van der Waals surface area contributed by atoms with Gasteiger partial charge in [0.2, 0.25) is 5.91 Å². The third kappa shape index (κ3) is 4.74. The predicted octanol–water partition coefficient (Wildman–Crippen LogP) is 3.85. The zero-order valence-corrected chi connectivity index (χ0v) is 16.2. The van der Waals surface area contributed by atoms with Crippen LogP contribution in [0.2, 0.25) is 0 Å². The van der Waals surface area contributed by atoms with E-state index in [1.807, 2.05) is 76.8 Å². The minimum Gasteiger partial charge on any atom is -0.444 e. The molecule has 0 bridgehead atoms. The highest BCUT2D eigenvalue weighted by atomic mass is 16.6. The zero-order valence-electron chi connectivity index (χ0n) is 16.2. The average molecular weight is 346 g/mol. The van der Waals surface area contributed by atoms with Gasteiger partial charge in [-0.25, -0.2) is 4.79 Å². The summed E-state index contributed by atoms with van der Waals surface area (Å²) in [5.74, 6) is 0.0595. The molecule has 0 spiro atoms. The van der Waals surface area contributed by atoms with Crippen molar-refractivity contribution in [3.63, 3.8) is 0 Å². The molecule has 2 amide bonds. The maximum Gasteiger partial charge on any atom is 0.410 e. The molecule has 5 heteroatoms. The normalized spacial score (nSPS) is 21.4. The van der Waals surface area contributed by atoms with Gasteiger partial charge < -0.3 is 9.64 Å². The van der Waals surface area contributed by atoms with Crippen LogP contribution < -0.4 is 0 Å². The summed E-state index contributed by atoms with van der Waals surface area (Å²) in [5, 5.41) is 0. The molecule has 5 nitrogen and oxygen atoms in total. The Morgan fingerprint density at radius 3 is 2.20 bits per heavy atom. The fourth-order valence-corrected chi connectivity index (χ4v) is 3.10. The van der Waals surface area contributed by atoms with Crippen molar-refractivity contribution in [2.24, 2.45) is 5.92 Å². The van der Waals surface area contributed by atoms with Crippen molar-refractivity contribution in [2.75, 3.05) is 13.1 Å². The SMILES string of the molecule is CC(C)C(=O)N1C[C@@H](c2ccccc2)N(C(=O)OC(C)(C)C)C[C@H]1C. The van der Waals surface area contributed by atoms with Gasteiger partial charge >= 0.3 is 6.09 Å². The fourth-order valence-electron chi connectivity index (χ4n) is 3.10. The second-order valence-electron chi connectivity index (χ2n) is 8.05. The van der Waals surface area contributed by atoms with Crippen LogP contribution >= 0.6 is 0 Å². The lowest BCUT2D eigenvalue weighted by Crippen LogP contribution is -2.58. The molecule has 2 rings (SSSR count). The lowest BCUT2D eigenvalue weighted by atomic mass is 9.99. The van der Waals surface area contributed by atoms with E-state index >= 15 is 0 Å². The quantitative estimate of drug-likeness (QED) is 0.817. The van der Waals surface area contributed by atoms with Crippen LogP contribution in [0, 0.1) is 5.92 Å². The molecule has 1 aliphatic rings. The van der Waals surface area contributed by atoms with E-state index in [9.17, 15) is 9.59 Å². The Balaban J connectivity index is 2.31. The Morgan fingerprint density at radius 1 is 1.08 bits per heavy atom. The van der Waals surface area contributed by atoms with E-state index in [2.05, 4.69) is 0 Å². The van der Waals surface area contributed by atoms with Crippen molar-refractivity contribution in [3.8, 4) is 0 Å². The van der Waals surface area contributed by atoms with E-state index in [1.165, 1.54) is 0 Å². The van der Waals surface area contributed by atoms with Crippen molar-refractivity contribution in [1.82, 2.24) is 9.80 Å². The van der Waals surface area contributed by atoms with Gasteiger partial charge in [0.25, 0.3) is 0 Å². The fraction of sp³-hybridized carbons (Fsp3) is 0.600. The van der Waals surface area contributed by atoms with Crippen molar-refractivity contribution in [3.05, 3.63) is 35.9 Å². The van der Waals surface area contributed by atoms with Crippen molar-refractivity contribution < 1.29 is 14.3 Å². The van der Waals surface area contributed by atoms with Crippen LogP contribution in [0.4, 0.5) is 4.79 Å². The van der Waals surface area contributed by atoms with Gasteiger partial charge in [0, 0.05) is 25.0 Å². The van der Waals surface area contributed by atoms with Crippen LogP contribution in [-0.2, 0) is 9.53 Å². The summed E-state index contributed by atoms with van der Waals surface area (Å²) >= 11 is 0. The molecule has 1 fully saturated rings. The van der Waals surface area contributed by atoms with Gasteiger partial charge in [-0.2, -0.15) is 0 Å². The van der Waals surface area contributed by atoms with Gasteiger partial charge in [-0.05, 0) is 33.3 Å².